The minimum atomic E-state index is -0.558. The van der Waals surface area contributed by atoms with E-state index in [1.807, 2.05) is 42.5 Å². The molecule has 1 unspecified atom stereocenters. The highest BCUT2D eigenvalue weighted by Gasteiger charge is 2.25. The lowest BCUT2D eigenvalue weighted by Gasteiger charge is -2.24. The first-order valence-electron chi connectivity index (χ1n) is 9.69. The predicted molar refractivity (Wildman–Crippen MR) is 115 cm³/mol. The third-order valence-corrected chi connectivity index (χ3v) is 4.84. The smallest absolute Gasteiger partial charge is 0.308 e. The Morgan fingerprint density at radius 2 is 1.63 bits per heavy atom. The van der Waals surface area contributed by atoms with Gasteiger partial charge in [-0.15, -0.1) is 0 Å². The van der Waals surface area contributed by atoms with Crippen molar-refractivity contribution in [1.29, 1.82) is 0 Å². The molecule has 0 spiro atoms. The minimum Gasteiger partial charge on any atom is -0.493 e. The van der Waals surface area contributed by atoms with Gasteiger partial charge in [-0.3, -0.25) is 9.59 Å². The number of rotatable bonds is 7. The summed E-state index contributed by atoms with van der Waals surface area (Å²) < 4.78 is 16.3. The second-order valence-corrected chi connectivity index (χ2v) is 6.76. The van der Waals surface area contributed by atoms with Crippen LogP contribution in [0.15, 0.2) is 54.6 Å². The van der Waals surface area contributed by atoms with Crippen molar-refractivity contribution < 1.29 is 23.8 Å². The Balaban J connectivity index is 2.27. The first-order chi connectivity index (χ1) is 14.5. The second kappa shape index (κ2) is 9.31. The molecule has 0 heterocycles. The van der Waals surface area contributed by atoms with Crippen LogP contribution in [0.2, 0.25) is 0 Å². The van der Waals surface area contributed by atoms with Gasteiger partial charge in [0.2, 0.25) is 5.91 Å². The van der Waals surface area contributed by atoms with Crippen molar-refractivity contribution in [3.05, 3.63) is 65.7 Å². The Morgan fingerprint density at radius 3 is 2.30 bits per heavy atom. The van der Waals surface area contributed by atoms with Crippen LogP contribution in [0.3, 0.4) is 0 Å². The fraction of sp³-hybridized carbons (Fsp3) is 0.250. The molecule has 0 aliphatic carbocycles. The van der Waals surface area contributed by atoms with Gasteiger partial charge in [0.05, 0.1) is 20.3 Å². The van der Waals surface area contributed by atoms with Gasteiger partial charge in [0, 0.05) is 18.9 Å². The number of methoxy groups -OCH3 is 2. The van der Waals surface area contributed by atoms with Gasteiger partial charge >= 0.3 is 5.97 Å². The van der Waals surface area contributed by atoms with E-state index in [2.05, 4.69) is 5.32 Å². The average Bonchev–Trinajstić information content (AvgIpc) is 2.76. The SMILES string of the molecule is CCC(=O)NC(c1ccc(OC)c(OC)c1)c1c(OC(C)=O)ccc2ccccc12. The van der Waals surface area contributed by atoms with E-state index in [4.69, 9.17) is 14.2 Å². The average molecular weight is 407 g/mol. The molecule has 0 aromatic heterocycles. The van der Waals surface area contributed by atoms with Crippen molar-refractivity contribution in [2.24, 2.45) is 0 Å². The topological polar surface area (TPSA) is 73.9 Å². The fourth-order valence-electron chi connectivity index (χ4n) is 3.43. The lowest BCUT2D eigenvalue weighted by Crippen LogP contribution is -2.29. The zero-order chi connectivity index (χ0) is 21.7. The number of hydrogen-bond donors (Lipinski definition) is 1. The monoisotopic (exact) mass is 407 g/mol. The molecule has 3 rings (SSSR count). The Morgan fingerprint density at radius 1 is 0.933 bits per heavy atom. The lowest BCUT2D eigenvalue weighted by molar-refractivity contribution is -0.131. The molecule has 0 bridgehead atoms. The van der Waals surface area contributed by atoms with Crippen LogP contribution >= 0.6 is 0 Å². The van der Waals surface area contributed by atoms with Crippen molar-refractivity contribution in [3.8, 4) is 17.2 Å². The van der Waals surface area contributed by atoms with E-state index in [1.54, 1.807) is 33.3 Å². The Bertz CT molecular complexity index is 1080. The summed E-state index contributed by atoms with van der Waals surface area (Å²) in [5, 5.41) is 4.92. The quantitative estimate of drug-likeness (QED) is 0.464. The maximum atomic E-state index is 12.4. The van der Waals surface area contributed by atoms with E-state index < -0.39 is 12.0 Å². The van der Waals surface area contributed by atoms with Crippen LogP contribution in [0.25, 0.3) is 10.8 Å². The number of benzene rings is 3. The summed E-state index contributed by atoms with van der Waals surface area (Å²) in [6, 6.07) is 16.3. The van der Waals surface area contributed by atoms with E-state index in [0.717, 1.165) is 16.3 Å². The van der Waals surface area contributed by atoms with Crippen LogP contribution < -0.4 is 19.5 Å². The molecular formula is C24H25NO5. The maximum Gasteiger partial charge on any atom is 0.308 e. The first-order valence-corrected chi connectivity index (χ1v) is 9.69. The second-order valence-electron chi connectivity index (χ2n) is 6.76. The predicted octanol–water partition coefficient (Wildman–Crippen LogP) is 4.40. The van der Waals surface area contributed by atoms with E-state index in [-0.39, 0.29) is 5.91 Å². The fourth-order valence-corrected chi connectivity index (χ4v) is 3.43. The molecule has 3 aromatic rings. The molecule has 1 atom stereocenters. The summed E-state index contributed by atoms with van der Waals surface area (Å²) in [6.45, 7) is 3.14. The Kier molecular flexibility index (Phi) is 6.57. The highest BCUT2D eigenvalue weighted by Crippen LogP contribution is 2.39. The molecule has 30 heavy (non-hydrogen) atoms. The molecule has 6 nitrogen and oxygen atoms in total. The van der Waals surface area contributed by atoms with E-state index in [0.29, 0.717) is 29.2 Å². The summed E-state index contributed by atoms with van der Waals surface area (Å²) in [5.41, 5.74) is 1.48. The third kappa shape index (κ3) is 4.38. The summed E-state index contributed by atoms with van der Waals surface area (Å²) >= 11 is 0. The molecule has 0 fully saturated rings. The number of amides is 1. The van der Waals surface area contributed by atoms with E-state index >= 15 is 0 Å². The number of carbonyl (C=O) groups is 2. The molecule has 1 N–H and O–H groups in total. The molecule has 6 heteroatoms. The third-order valence-electron chi connectivity index (χ3n) is 4.84. The number of ether oxygens (including phenoxy) is 3. The molecule has 0 aliphatic heterocycles. The van der Waals surface area contributed by atoms with Gasteiger partial charge in [0.25, 0.3) is 0 Å². The number of esters is 1. The molecule has 0 saturated heterocycles. The molecule has 3 aromatic carbocycles. The van der Waals surface area contributed by atoms with Crippen LogP contribution in [0.5, 0.6) is 17.2 Å². The van der Waals surface area contributed by atoms with Gasteiger partial charge in [-0.1, -0.05) is 43.3 Å². The van der Waals surface area contributed by atoms with E-state index in [9.17, 15) is 9.59 Å². The van der Waals surface area contributed by atoms with Gasteiger partial charge in [0.15, 0.2) is 11.5 Å². The highest BCUT2D eigenvalue weighted by atomic mass is 16.5. The van der Waals surface area contributed by atoms with Crippen molar-refractivity contribution in [2.45, 2.75) is 26.3 Å². The highest BCUT2D eigenvalue weighted by molar-refractivity contribution is 5.90. The Hall–Kier alpha value is -3.54. The number of nitrogens with one attached hydrogen (secondary N) is 1. The standard InChI is InChI=1S/C24H25NO5/c1-5-22(27)25-24(17-11-12-19(28-3)21(14-17)29-4)23-18-9-7-6-8-16(18)10-13-20(23)30-15(2)26/h6-14,24H,5H2,1-4H3,(H,25,27). The number of hydrogen-bond acceptors (Lipinski definition) is 5. The lowest BCUT2D eigenvalue weighted by atomic mass is 9.92. The maximum absolute atomic E-state index is 12.4. The zero-order valence-electron chi connectivity index (χ0n) is 17.5. The van der Waals surface area contributed by atoms with Gasteiger partial charge in [-0.2, -0.15) is 0 Å². The summed E-state index contributed by atoms with van der Waals surface area (Å²) in [4.78, 5) is 24.2. The summed E-state index contributed by atoms with van der Waals surface area (Å²) in [6.07, 6.45) is 0.317. The normalized spacial score (nSPS) is 11.6. The van der Waals surface area contributed by atoms with Crippen LogP contribution in [-0.2, 0) is 9.59 Å². The van der Waals surface area contributed by atoms with Crippen molar-refractivity contribution >= 4 is 22.6 Å². The molecule has 0 radical (unpaired) electrons. The van der Waals surface area contributed by atoms with Crippen molar-refractivity contribution in [1.82, 2.24) is 5.32 Å². The molecule has 156 valence electrons. The Labute approximate surface area is 175 Å². The van der Waals surface area contributed by atoms with Crippen LogP contribution in [0.1, 0.15) is 37.4 Å². The van der Waals surface area contributed by atoms with Crippen molar-refractivity contribution in [3.63, 3.8) is 0 Å². The largest absolute Gasteiger partial charge is 0.493 e. The minimum absolute atomic E-state index is 0.128. The summed E-state index contributed by atoms with van der Waals surface area (Å²) in [7, 11) is 3.13. The first kappa shape index (κ1) is 21.2. The zero-order valence-corrected chi connectivity index (χ0v) is 17.5. The van der Waals surface area contributed by atoms with Gasteiger partial charge in [-0.25, -0.2) is 0 Å². The van der Waals surface area contributed by atoms with E-state index in [1.165, 1.54) is 6.92 Å². The molecule has 0 saturated carbocycles. The van der Waals surface area contributed by atoms with Gasteiger partial charge < -0.3 is 19.5 Å². The van der Waals surface area contributed by atoms with Crippen LogP contribution in [0.4, 0.5) is 0 Å². The van der Waals surface area contributed by atoms with Gasteiger partial charge in [-0.05, 0) is 34.5 Å². The van der Waals surface area contributed by atoms with Crippen molar-refractivity contribution in [2.75, 3.05) is 14.2 Å². The van der Waals surface area contributed by atoms with Crippen LogP contribution in [-0.4, -0.2) is 26.1 Å². The van der Waals surface area contributed by atoms with Gasteiger partial charge in [0.1, 0.15) is 5.75 Å². The molecule has 1 amide bonds. The number of fused-ring (bicyclic) bond motifs is 1. The molecule has 0 aliphatic rings. The summed E-state index contributed by atoms with van der Waals surface area (Å²) in [5.74, 6) is 0.966. The molecular weight excluding hydrogens is 382 g/mol. The van der Waals surface area contributed by atoms with Crippen LogP contribution in [0, 0.1) is 0 Å². The number of carbonyl (C=O) groups excluding carboxylic acids is 2.